The number of nitrogens with zero attached hydrogens (tertiary/aromatic N) is 1. The lowest BCUT2D eigenvalue weighted by Gasteiger charge is -1.92. The van der Waals surface area contributed by atoms with Crippen molar-refractivity contribution in [1.82, 2.24) is 0 Å². The maximum Gasteiger partial charge on any atom is 0.0991 e. The molecule has 49 valence electrons. The lowest BCUT2D eigenvalue weighted by Crippen LogP contribution is -1.95. The van der Waals surface area contributed by atoms with Crippen molar-refractivity contribution in [1.29, 1.82) is 5.26 Å². The fraction of sp³-hybridized carbons (Fsp3) is 0.125. The average molecular weight is 131 g/mol. The highest BCUT2D eigenvalue weighted by atomic mass is 14.5. The van der Waals surface area contributed by atoms with E-state index in [-0.39, 0.29) is 0 Å². The molecule has 0 fully saturated rings. The van der Waals surface area contributed by atoms with Crippen molar-refractivity contribution in [2.45, 2.75) is 6.54 Å². The van der Waals surface area contributed by atoms with Crippen molar-refractivity contribution in [2.24, 2.45) is 5.73 Å². The molecule has 0 aliphatic rings. The van der Waals surface area contributed by atoms with Gasteiger partial charge in [-0.25, -0.2) is 0 Å². The van der Waals surface area contributed by atoms with Gasteiger partial charge in [0, 0.05) is 6.54 Å². The van der Waals surface area contributed by atoms with E-state index in [4.69, 9.17) is 11.0 Å². The number of nitriles is 1. The fourth-order valence-corrected chi connectivity index (χ4v) is 0.654. The van der Waals surface area contributed by atoms with Crippen molar-refractivity contribution in [2.75, 3.05) is 0 Å². The molecule has 2 nitrogen and oxygen atoms in total. The largest absolute Gasteiger partial charge is 0.326 e. The third-order valence-electron chi connectivity index (χ3n) is 1.23. The van der Waals surface area contributed by atoms with Gasteiger partial charge in [0.05, 0.1) is 11.6 Å². The highest BCUT2D eigenvalue weighted by Crippen LogP contribution is 2.00. The number of hydrogen-bond donors (Lipinski definition) is 1. The molecule has 2 heteroatoms. The number of rotatable bonds is 1. The van der Waals surface area contributed by atoms with Crippen LogP contribution < -0.4 is 5.73 Å². The lowest BCUT2D eigenvalue weighted by atomic mass is 10.1. The van der Waals surface area contributed by atoms with Crippen LogP contribution >= 0.6 is 0 Å². The third-order valence-corrected chi connectivity index (χ3v) is 1.23. The van der Waals surface area contributed by atoms with E-state index in [2.05, 4.69) is 6.07 Å². The summed E-state index contributed by atoms with van der Waals surface area (Å²) in [5, 5.41) is 8.40. The molecule has 0 aromatic heterocycles. The van der Waals surface area contributed by atoms with Crippen LogP contribution in [-0.2, 0) is 6.54 Å². The summed E-state index contributed by atoms with van der Waals surface area (Å²) in [7, 11) is 0. The van der Waals surface area contributed by atoms with Crippen molar-refractivity contribution in [3.63, 3.8) is 0 Å². The molecule has 0 amide bonds. The van der Waals surface area contributed by atoms with Crippen molar-refractivity contribution >= 4 is 0 Å². The Bertz CT molecular complexity index is 243. The van der Waals surface area contributed by atoms with Crippen LogP contribution in [0.5, 0.6) is 0 Å². The Morgan fingerprint density at radius 1 is 1.60 bits per heavy atom. The first-order valence-corrected chi connectivity index (χ1v) is 2.97. The monoisotopic (exact) mass is 131 g/mol. The zero-order chi connectivity index (χ0) is 7.40. The van der Waals surface area contributed by atoms with Gasteiger partial charge in [0.25, 0.3) is 0 Å². The molecule has 0 aliphatic carbocycles. The first-order valence-electron chi connectivity index (χ1n) is 2.97. The van der Waals surface area contributed by atoms with E-state index in [0.29, 0.717) is 12.1 Å². The summed E-state index contributed by atoms with van der Waals surface area (Å²) in [6.07, 6.45) is 0. The maximum absolute atomic E-state index is 8.40. The second-order valence-corrected chi connectivity index (χ2v) is 1.92. The predicted molar refractivity (Wildman–Crippen MR) is 37.9 cm³/mol. The zero-order valence-corrected chi connectivity index (χ0v) is 5.46. The van der Waals surface area contributed by atoms with Gasteiger partial charge in [-0.2, -0.15) is 5.26 Å². The summed E-state index contributed by atoms with van der Waals surface area (Å²) in [6.45, 7) is 0.478. The van der Waals surface area contributed by atoms with Crippen LogP contribution in [0.3, 0.4) is 0 Å². The van der Waals surface area contributed by atoms with Crippen LogP contribution in [0.4, 0.5) is 0 Å². The molecule has 0 bridgehead atoms. The van der Waals surface area contributed by atoms with Crippen LogP contribution in [0.15, 0.2) is 18.2 Å². The van der Waals surface area contributed by atoms with E-state index in [1.54, 1.807) is 18.2 Å². The summed E-state index contributed by atoms with van der Waals surface area (Å²) in [5.74, 6) is 0. The number of benzene rings is 1. The second kappa shape index (κ2) is 3.00. The van der Waals surface area contributed by atoms with Gasteiger partial charge in [-0.3, -0.25) is 0 Å². The second-order valence-electron chi connectivity index (χ2n) is 1.92. The molecule has 0 atom stereocenters. The zero-order valence-electron chi connectivity index (χ0n) is 5.46. The molecule has 0 saturated carbocycles. The van der Waals surface area contributed by atoms with Crippen molar-refractivity contribution < 1.29 is 0 Å². The quantitative estimate of drug-likeness (QED) is 0.613. The van der Waals surface area contributed by atoms with Crippen LogP contribution in [0.2, 0.25) is 0 Å². The Morgan fingerprint density at radius 3 is 2.80 bits per heavy atom. The molecule has 1 rings (SSSR count). The van der Waals surface area contributed by atoms with Crippen LogP contribution in [-0.4, -0.2) is 0 Å². The highest BCUT2D eigenvalue weighted by Gasteiger charge is 1.89. The molecule has 0 unspecified atom stereocenters. The van der Waals surface area contributed by atoms with Gasteiger partial charge in [0.1, 0.15) is 0 Å². The smallest absolute Gasteiger partial charge is 0.0991 e. The van der Waals surface area contributed by atoms with E-state index in [1.807, 2.05) is 6.07 Å². The topological polar surface area (TPSA) is 49.8 Å². The first kappa shape index (κ1) is 6.79. The van der Waals surface area contributed by atoms with E-state index < -0.39 is 0 Å². The van der Waals surface area contributed by atoms with Crippen molar-refractivity contribution in [3.8, 4) is 6.07 Å². The average Bonchev–Trinajstić information content (AvgIpc) is 2.05. The van der Waals surface area contributed by atoms with Crippen molar-refractivity contribution in [3.05, 3.63) is 35.4 Å². The predicted octanol–water partition coefficient (Wildman–Crippen LogP) is 0.817. The van der Waals surface area contributed by atoms with E-state index >= 15 is 0 Å². The molecule has 0 heterocycles. The molecule has 0 aliphatic heterocycles. The summed E-state index contributed by atoms with van der Waals surface area (Å²) < 4.78 is 0. The minimum absolute atomic E-state index is 0.478. The van der Waals surface area contributed by atoms with Crippen LogP contribution in [0.1, 0.15) is 11.1 Å². The minimum Gasteiger partial charge on any atom is -0.326 e. The van der Waals surface area contributed by atoms with Gasteiger partial charge in [-0.15, -0.1) is 0 Å². The van der Waals surface area contributed by atoms with Gasteiger partial charge in [-0.1, -0.05) is 6.07 Å². The van der Waals surface area contributed by atoms with Crippen LogP contribution in [0, 0.1) is 17.4 Å². The lowest BCUT2D eigenvalue weighted by molar-refractivity contribution is 1.07. The van der Waals surface area contributed by atoms with Crippen LogP contribution in [0.25, 0.3) is 0 Å². The maximum atomic E-state index is 8.40. The standard InChI is InChI=1S/C8H7N2/c9-5-7-1-2-8(6-10)4-3-7/h1-3H,6,10H2. The fourth-order valence-electron chi connectivity index (χ4n) is 0.654. The number of hydrogen-bond acceptors (Lipinski definition) is 2. The third kappa shape index (κ3) is 1.34. The molecular formula is C8H7N2. The van der Waals surface area contributed by atoms with E-state index in [1.165, 1.54) is 0 Å². The summed E-state index contributed by atoms with van der Waals surface area (Å²) in [5.41, 5.74) is 6.88. The van der Waals surface area contributed by atoms with Gasteiger partial charge >= 0.3 is 0 Å². The van der Waals surface area contributed by atoms with Gasteiger partial charge in [0.2, 0.25) is 0 Å². The van der Waals surface area contributed by atoms with Gasteiger partial charge < -0.3 is 5.73 Å². The number of nitrogens with two attached hydrogens (primary N) is 1. The minimum atomic E-state index is 0.478. The molecule has 1 aromatic carbocycles. The molecular weight excluding hydrogens is 124 g/mol. The van der Waals surface area contributed by atoms with E-state index in [9.17, 15) is 0 Å². The SMILES string of the molecule is N#Cc1c[c]c(CN)cc1. The Morgan fingerprint density at radius 2 is 2.40 bits per heavy atom. The Labute approximate surface area is 59.9 Å². The Hall–Kier alpha value is -1.33. The summed E-state index contributed by atoms with van der Waals surface area (Å²) in [6, 6.07) is 10.1. The first-order chi connectivity index (χ1) is 4.86. The summed E-state index contributed by atoms with van der Waals surface area (Å²) in [4.78, 5) is 0. The Balaban J connectivity index is 2.93. The normalized spacial score (nSPS) is 8.80. The molecule has 1 aromatic rings. The van der Waals surface area contributed by atoms with Gasteiger partial charge in [0.15, 0.2) is 0 Å². The molecule has 0 spiro atoms. The Kier molecular flexibility index (Phi) is 2.03. The van der Waals surface area contributed by atoms with Gasteiger partial charge in [-0.05, 0) is 23.8 Å². The van der Waals surface area contributed by atoms with E-state index in [0.717, 1.165) is 5.56 Å². The molecule has 0 saturated heterocycles. The highest BCUT2D eigenvalue weighted by molar-refractivity contribution is 5.30. The molecule has 1 radical (unpaired) electrons. The molecule has 2 N–H and O–H groups in total. The summed E-state index contributed by atoms with van der Waals surface area (Å²) >= 11 is 0. The molecule has 10 heavy (non-hydrogen) atoms.